The Kier molecular flexibility index (Phi) is 4.19. The quantitative estimate of drug-likeness (QED) is 0.623. The van der Waals surface area contributed by atoms with Crippen molar-refractivity contribution in [1.29, 1.82) is 0 Å². The number of carbonyl (C=O) groups is 1. The van der Waals surface area contributed by atoms with E-state index in [1.165, 1.54) is 6.07 Å². The van der Waals surface area contributed by atoms with Gasteiger partial charge < -0.3 is 16.0 Å². The molecule has 0 bridgehead atoms. The first-order valence-corrected chi connectivity index (χ1v) is 6.55. The average Bonchev–Trinajstić information content (AvgIpc) is 2.43. The second kappa shape index (κ2) is 5.87. The van der Waals surface area contributed by atoms with Gasteiger partial charge in [0, 0.05) is 26.1 Å². The largest absolute Gasteiger partial charge is 0.369 e. The standard InChI is InChI=1S/C13H18N4O3/c1-16(6-2-5-14)11-7-9-3-4-13(18)15-10(9)8-12(11)17(19)20/h7-8H,2-6,14H2,1H3,(H,15,18). The number of nitro groups is 1. The van der Waals surface area contributed by atoms with Crippen LogP contribution in [0.1, 0.15) is 18.4 Å². The Morgan fingerprint density at radius 3 is 2.85 bits per heavy atom. The van der Waals surface area contributed by atoms with Crippen LogP contribution < -0.4 is 16.0 Å². The zero-order valence-corrected chi connectivity index (χ0v) is 11.4. The van der Waals surface area contributed by atoms with Crippen LogP contribution in [0.3, 0.4) is 0 Å². The predicted octanol–water partition coefficient (Wildman–Crippen LogP) is 1.26. The van der Waals surface area contributed by atoms with E-state index >= 15 is 0 Å². The molecular weight excluding hydrogens is 260 g/mol. The Bertz CT molecular complexity index is 545. The van der Waals surface area contributed by atoms with Crippen LogP contribution in [0.15, 0.2) is 12.1 Å². The number of carbonyl (C=O) groups excluding carboxylic acids is 1. The normalized spacial score (nSPS) is 13.6. The minimum atomic E-state index is -0.421. The molecular formula is C13H18N4O3. The maximum Gasteiger partial charge on any atom is 0.294 e. The minimum Gasteiger partial charge on any atom is -0.369 e. The highest BCUT2D eigenvalue weighted by Crippen LogP contribution is 2.35. The molecule has 1 aliphatic rings. The number of hydrogen-bond acceptors (Lipinski definition) is 5. The summed E-state index contributed by atoms with van der Waals surface area (Å²) in [6, 6.07) is 3.24. The SMILES string of the molecule is CN(CCCN)c1cc2c(cc1[N+](=O)[O-])NC(=O)CC2. The number of amides is 1. The number of nitrogens with two attached hydrogens (primary N) is 1. The Morgan fingerprint density at radius 1 is 1.45 bits per heavy atom. The van der Waals surface area contributed by atoms with Crippen LogP contribution in [0.4, 0.5) is 17.1 Å². The second-order valence-corrected chi connectivity index (χ2v) is 4.87. The van der Waals surface area contributed by atoms with Crippen molar-refractivity contribution in [3.8, 4) is 0 Å². The zero-order valence-electron chi connectivity index (χ0n) is 11.4. The third-order valence-electron chi connectivity index (χ3n) is 3.40. The second-order valence-electron chi connectivity index (χ2n) is 4.87. The molecule has 0 atom stereocenters. The van der Waals surface area contributed by atoms with Crippen molar-refractivity contribution in [2.75, 3.05) is 30.4 Å². The molecule has 7 heteroatoms. The van der Waals surface area contributed by atoms with E-state index < -0.39 is 4.92 Å². The fourth-order valence-electron chi connectivity index (χ4n) is 2.31. The lowest BCUT2D eigenvalue weighted by Crippen LogP contribution is -2.24. The Balaban J connectivity index is 2.39. The third-order valence-corrected chi connectivity index (χ3v) is 3.40. The summed E-state index contributed by atoms with van der Waals surface area (Å²) in [5, 5.41) is 13.9. The van der Waals surface area contributed by atoms with Crippen molar-refractivity contribution in [3.63, 3.8) is 0 Å². The molecule has 1 aromatic rings. The monoisotopic (exact) mass is 278 g/mol. The molecule has 3 N–H and O–H groups in total. The van der Waals surface area contributed by atoms with Gasteiger partial charge in [-0.05, 0) is 31.0 Å². The van der Waals surface area contributed by atoms with E-state index in [0.29, 0.717) is 37.3 Å². The molecule has 1 aromatic carbocycles. The van der Waals surface area contributed by atoms with Crippen LogP contribution in [0, 0.1) is 10.1 Å². The van der Waals surface area contributed by atoms with Gasteiger partial charge in [-0.25, -0.2) is 0 Å². The molecule has 7 nitrogen and oxygen atoms in total. The van der Waals surface area contributed by atoms with E-state index in [9.17, 15) is 14.9 Å². The molecule has 108 valence electrons. The summed E-state index contributed by atoms with van der Waals surface area (Å²) in [6.45, 7) is 1.20. The van der Waals surface area contributed by atoms with Crippen molar-refractivity contribution < 1.29 is 9.72 Å². The molecule has 2 rings (SSSR count). The molecule has 0 saturated heterocycles. The molecule has 0 aliphatic carbocycles. The topological polar surface area (TPSA) is 102 Å². The average molecular weight is 278 g/mol. The summed E-state index contributed by atoms with van der Waals surface area (Å²) >= 11 is 0. The van der Waals surface area contributed by atoms with Gasteiger partial charge in [-0.2, -0.15) is 0 Å². The predicted molar refractivity (Wildman–Crippen MR) is 77.0 cm³/mol. The van der Waals surface area contributed by atoms with E-state index in [0.717, 1.165) is 12.0 Å². The van der Waals surface area contributed by atoms with Crippen LogP contribution in [0.5, 0.6) is 0 Å². The highest BCUT2D eigenvalue weighted by atomic mass is 16.6. The Labute approximate surface area is 116 Å². The van der Waals surface area contributed by atoms with Gasteiger partial charge in [0.1, 0.15) is 5.69 Å². The number of nitro benzene ring substituents is 1. The van der Waals surface area contributed by atoms with Gasteiger partial charge in [0.2, 0.25) is 5.91 Å². The lowest BCUT2D eigenvalue weighted by Gasteiger charge is -2.23. The third kappa shape index (κ3) is 2.88. The molecule has 20 heavy (non-hydrogen) atoms. The Hall–Kier alpha value is -2.15. The molecule has 0 fully saturated rings. The van der Waals surface area contributed by atoms with Crippen LogP contribution in [-0.4, -0.2) is 31.0 Å². The first-order valence-electron chi connectivity index (χ1n) is 6.55. The summed E-state index contributed by atoms with van der Waals surface area (Å²) in [6.07, 6.45) is 1.79. The van der Waals surface area contributed by atoms with Crippen molar-refractivity contribution in [2.45, 2.75) is 19.3 Å². The number of nitrogens with one attached hydrogen (secondary N) is 1. The summed E-state index contributed by atoms with van der Waals surface area (Å²) in [7, 11) is 1.81. The number of hydrogen-bond donors (Lipinski definition) is 2. The maximum absolute atomic E-state index is 11.4. The van der Waals surface area contributed by atoms with Crippen molar-refractivity contribution in [3.05, 3.63) is 27.8 Å². The summed E-state index contributed by atoms with van der Waals surface area (Å²) in [5.41, 5.74) is 7.52. The number of benzene rings is 1. The van der Waals surface area contributed by atoms with Crippen molar-refractivity contribution >= 4 is 23.0 Å². The highest BCUT2D eigenvalue weighted by molar-refractivity contribution is 5.95. The molecule has 0 saturated carbocycles. The van der Waals surface area contributed by atoms with E-state index in [-0.39, 0.29) is 11.6 Å². The molecule has 0 radical (unpaired) electrons. The highest BCUT2D eigenvalue weighted by Gasteiger charge is 2.24. The van der Waals surface area contributed by atoms with Gasteiger partial charge in [-0.15, -0.1) is 0 Å². The molecule has 1 amide bonds. The summed E-state index contributed by atoms with van der Waals surface area (Å²) in [4.78, 5) is 24.0. The fourth-order valence-corrected chi connectivity index (χ4v) is 2.31. The number of fused-ring (bicyclic) bond motifs is 1. The van der Waals surface area contributed by atoms with E-state index in [1.54, 1.807) is 6.07 Å². The lowest BCUT2D eigenvalue weighted by molar-refractivity contribution is -0.384. The van der Waals surface area contributed by atoms with Gasteiger partial charge >= 0.3 is 0 Å². The number of nitrogens with zero attached hydrogens (tertiary/aromatic N) is 2. The van der Waals surface area contributed by atoms with Gasteiger partial charge in [0.25, 0.3) is 5.69 Å². The van der Waals surface area contributed by atoms with Gasteiger partial charge in [-0.1, -0.05) is 0 Å². The smallest absolute Gasteiger partial charge is 0.294 e. The van der Waals surface area contributed by atoms with Gasteiger partial charge in [0.15, 0.2) is 0 Å². The Morgan fingerprint density at radius 2 is 2.20 bits per heavy atom. The van der Waals surface area contributed by atoms with E-state index in [2.05, 4.69) is 5.32 Å². The van der Waals surface area contributed by atoms with Crippen LogP contribution >= 0.6 is 0 Å². The molecule has 1 aliphatic heterocycles. The van der Waals surface area contributed by atoms with Gasteiger partial charge in [-0.3, -0.25) is 14.9 Å². The molecule has 0 spiro atoms. The minimum absolute atomic E-state index is 0.00507. The molecule has 0 aromatic heterocycles. The van der Waals surface area contributed by atoms with Crippen LogP contribution in [0.2, 0.25) is 0 Å². The zero-order chi connectivity index (χ0) is 14.7. The van der Waals surface area contributed by atoms with E-state index in [1.807, 2.05) is 11.9 Å². The number of anilines is 2. The van der Waals surface area contributed by atoms with Crippen molar-refractivity contribution in [1.82, 2.24) is 0 Å². The maximum atomic E-state index is 11.4. The first kappa shape index (κ1) is 14.3. The van der Waals surface area contributed by atoms with Crippen LogP contribution in [0.25, 0.3) is 0 Å². The first-order chi connectivity index (χ1) is 9.52. The summed E-state index contributed by atoms with van der Waals surface area (Å²) < 4.78 is 0. The summed E-state index contributed by atoms with van der Waals surface area (Å²) in [5.74, 6) is -0.101. The fraction of sp³-hybridized carbons (Fsp3) is 0.462. The number of rotatable bonds is 5. The van der Waals surface area contributed by atoms with E-state index in [4.69, 9.17) is 5.73 Å². The molecule has 0 unspecified atom stereocenters. The lowest BCUT2D eigenvalue weighted by atomic mass is 10.0. The van der Waals surface area contributed by atoms with Crippen LogP contribution in [-0.2, 0) is 11.2 Å². The van der Waals surface area contributed by atoms with Crippen molar-refractivity contribution in [2.24, 2.45) is 5.73 Å². The number of aryl methyl sites for hydroxylation is 1. The molecule has 1 heterocycles. The van der Waals surface area contributed by atoms with Gasteiger partial charge in [0.05, 0.1) is 10.6 Å².